The lowest BCUT2D eigenvalue weighted by Gasteiger charge is -2.34. The van der Waals surface area contributed by atoms with E-state index in [2.05, 4.69) is 26.3 Å². The molecule has 2 aromatic heterocycles. The van der Waals surface area contributed by atoms with Gasteiger partial charge in [0.05, 0.1) is 59.8 Å². The van der Waals surface area contributed by atoms with Crippen LogP contribution in [0.4, 0.5) is 17.3 Å². The van der Waals surface area contributed by atoms with E-state index in [0.717, 1.165) is 24.1 Å². The van der Waals surface area contributed by atoms with E-state index < -0.39 is 0 Å². The van der Waals surface area contributed by atoms with Crippen molar-refractivity contribution in [2.75, 3.05) is 43.1 Å². The Morgan fingerprint density at radius 2 is 2.09 bits per heavy atom. The Bertz CT molecular complexity index is 1090. The molecule has 3 aliphatic rings. The summed E-state index contributed by atoms with van der Waals surface area (Å²) in [7, 11) is 0. The zero-order chi connectivity index (χ0) is 22.1. The Morgan fingerprint density at radius 3 is 2.84 bits per heavy atom. The molecule has 5 rings (SSSR count). The summed E-state index contributed by atoms with van der Waals surface area (Å²) in [4.78, 5) is 41.4. The van der Waals surface area contributed by atoms with Crippen molar-refractivity contribution >= 4 is 46.3 Å². The number of nitrogens with one attached hydrogen (secondary N) is 1. The number of nitrogens with zero attached hydrogens (tertiary/aromatic N) is 5. The maximum Gasteiger partial charge on any atom is 0.230 e. The molecule has 0 unspecified atom stereocenters. The van der Waals surface area contributed by atoms with E-state index in [9.17, 15) is 9.59 Å². The molecule has 0 saturated carbocycles. The molecular formula is C22H23ClN6O3. The smallest absolute Gasteiger partial charge is 0.230 e. The molecule has 0 aromatic carbocycles. The van der Waals surface area contributed by atoms with Gasteiger partial charge in [-0.1, -0.05) is 17.7 Å². The van der Waals surface area contributed by atoms with Gasteiger partial charge in [-0.3, -0.25) is 14.6 Å². The van der Waals surface area contributed by atoms with Crippen molar-refractivity contribution in [2.45, 2.75) is 19.3 Å². The largest absolute Gasteiger partial charge is 0.380 e. The van der Waals surface area contributed by atoms with Crippen molar-refractivity contribution in [2.24, 2.45) is 5.92 Å². The minimum absolute atomic E-state index is 0.0466. The highest BCUT2D eigenvalue weighted by Gasteiger charge is 2.32. The fourth-order valence-corrected chi connectivity index (χ4v) is 4.30. The average molecular weight is 455 g/mol. The number of hydrogen-bond acceptors (Lipinski definition) is 7. The van der Waals surface area contributed by atoms with Crippen LogP contribution in [-0.4, -0.2) is 64.5 Å². The number of aromatic nitrogens is 3. The summed E-state index contributed by atoms with van der Waals surface area (Å²) in [6.07, 6.45) is 9.10. The molecule has 166 valence electrons. The second-order valence-electron chi connectivity index (χ2n) is 8.11. The fraction of sp³-hybridized carbons (Fsp3) is 0.409. The first-order valence-electron chi connectivity index (χ1n) is 10.7. The van der Waals surface area contributed by atoms with E-state index in [1.54, 1.807) is 23.5 Å². The van der Waals surface area contributed by atoms with Crippen molar-refractivity contribution in [1.29, 1.82) is 0 Å². The van der Waals surface area contributed by atoms with Crippen LogP contribution < -0.4 is 10.2 Å². The van der Waals surface area contributed by atoms with Crippen molar-refractivity contribution in [3.63, 3.8) is 0 Å². The standard InChI is InChI=1S/C22H23ClN6O3/c23-18-10-25-22(26-16-7-17(9-24-8-16)29-6-2-4-19(29)30)27-20(18)14-3-1-5-28(11-14)21(31)15-12-32-13-15/h3,7-10,15H,1-2,4-6,11-13H2,(H,25,26,27). The van der Waals surface area contributed by atoms with Gasteiger partial charge in [-0.2, -0.15) is 0 Å². The molecule has 1 N–H and O–H groups in total. The Hall–Kier alpha value is -3.04. The average Bonchev–Trinajstić information content (AvgIpc) is 3.20. The molecule has 0 aliphatic carbocycles. The van der Waals surface area contributed by atoms with Gasteiger partial charge in [-0.15, -0.1) is 0 Å². The molecule has 0 radical (unpaired) electrons. The Kier molecular flexibility index (Phi) is 5.75. The van der Waals surface area contributed by atoms with Gasteiger partial charge >= 0.3 is 0 Å². The van der Waals surface area contributed by atoms with Gasteiger partial charge in [0.2, 0.25) is 17.8 Å². The van der Waals surface area contributed by atoms with Crippen molar-refractivity contribution < 1.29 is 14.3 Å². The summed E-state index contributed by atoms with van der Waals surface area (Å²) >= 11 is 6.41. The molecule has 2 saturated heterocycles. The summed E-state index contributed by atoms with van der Waals surface area (Å²) in [5, 5.41) is 3.58. The number of ether oxygens (including phenoxy) is 1. The highest BCUT2D eigenvalue weighted by molar-refractivity contribution is 6.32. The number of carbonyl (C=O) groups is 2. The Labute approximate surface area is 190 Å². The molecule has 2 amide bonds. The molecule has 0 atom stereocenters. The number of anilines is 3. The zero-order valence-corrected chi connectivity index (χ0v) is 18.2. The number of pyridine rings is 1. The van der Waals surface area contributed by atoms with Crippen LogP contribution in [0.2, 0.25) is 5.02 Å². The van der Waals surface area contributed by atoms with E-state index in [1.165, 1.54) is 0 Å². The van der Waals surface area contributed by atoms with Crippen LogP contribution in [0.3, 0.4) is 0 Å². The molecular weight excluding hydrogens is 432 g/mol. The Morgan fingerprint density at radius 1 is 1.22 bits per heavy atom. The number of halogens is 1. The SMILES string of the molecule is O=C(C1COC1)N1CCC=C(c2nc(Nc3cncc(N4CCCC4=O)c3)ncc2Cl)C1. The number of amides is 2. The lowest BCUT2D eigenvalue weighted by atomic mass is 10.0. The topological polar surface area (TPSA) is 101 Å². The highest BCUT2D eigenvalue weighted by atomic mass is 35.5. The molecule has 0 spiro atoms. The minimum Gasteiger partial charge on any atom is -0.380 e. The van der Waals surface area contributed by atoms with E-state index in [1.807, 2.05) is 11.0 Å². The van der Waals surface area contributed by atoms with Crippen LogP contribution in [0.1, 0.15) is 25.0 Å². The first kappa shape index (κ1) is 20.8. The lowest BCUT2D eigenvalue weighted by Crippen LogP contribution is -2.46. The molecule has 5 heterocycles. The first-order chi connectivity index (χ1) is 15.6. The van der Waals surface area contributed by atoms with Crippen molar-refractivity contribution in [3.8, 4) is 0 Å². The number of rotatable bonds is 5. The van der Waals surface area contributed by atoms with Crippen LogP contribution >= 0.6 is 11.6 Å². The maximum absolute atomic E-state index is 12.6. The predicted molar refractivity (Wildman–Crippen MR) is 120 cm³/mol. The van der Waals surface area contributed by atoms with Crippen molar-refractivity contribution in [1.82, 2.24) is 19.9 Å². The molecule has 0 bridgehead atoms. The fourth-order valence-electron chi connectivity index (χ4n) is 4.09. The van der Waals surface area contributed by atoms with E-state index in [-0.39, 0.29) is 17.7 Å². The number of carbonyl (C=O) groups excluding carboxylic acids is 2. The van der Waals surface area contributed by atoms with Gasteiger partial charge in [0, 0.05) is 26.1 Å². The van der Waals surface area contributed by atoms with Crippen LogP contribution in [0.5, 0.6) is 0 Å². The maximum atomic E-state index is 12.6. The zero-order valence-electron chi connectivity index (χ0n) is 17.5. The summed E-state index contributed by atoms with van der Waals surface area (Å²) in [5.74, 6) is 0.540. The predicted octanol–water partition coefficient (Wildman–Crippen LogP) is 2.66. The van der Waals surface area contributed by atoms with Crippen LogP contribution in [0, 0.1) is 5.92 Å². The molecule has 10 heteroatoms. The van der Waals surface area contributed by atoms with Gasteiger partial charge in [0.25, 0.3) is 0 Å². The quantitative estimate of drug-likeness (QED) is 0.741. The van der Waals surface area contributed by atoms with E-state index >= 15 is 0 Å². The van der Waals surface area contributed by atoms with Gasteiger partial charge < -0.3 is 19.9 Å². The number of hydrogen-bond donors (Lipinski definition) is 1. The lowest BCUT2D eigenvalue weighted by molar-refractivity contribution is -0.149. The van der Waals surface area contributed by atoms with Gasteiger partial charge in [-0.05, 0) is 24.5 Å². The van der Waals surface area contributed by atoms with Crippen LogP contribution in [0.15, 0.2) is 30.7 Å². The van der Waals surface area contributed by atoms with Gasteiger partial charge in [0.15, 0.2) is 0 Å². The van der Waals surface area contributed by atoms with E-state index in [0.29, 0.717) is 61.6 Å². The second-order valence-corrected chi connectivity index (χ2v) is 8.52. The minimum atomic E-state index is -0.0466. The molecule has 2 fully saturated rings. The van der Waals surface area contributed by atoms with E-state index in [4.69, 9.17) is 16.3 Å². The summed E-state index contributed by atoms with van der Waals surface area (Å²) in [6, 6.07) is 1.86. The molecule has 9 nitrogen and oxygen atoms in total. The third-order valence-corrected chi connectivity index (χ3v) is 6.14. The van der Waals surface area contributed by atoms with Crippen molar-refractivity contribution in [3.05, 3.63) is 41.4 Å². The summed E-state index contributed by atoms with van der Waals surface area (Å²) in [6.45, 7) is 2.82. The van der Waals surface area contributed by atoms with Gasteiger partial charge in [0.1, 0.15) is 0 Å². The van der Waals surface area contributed by atoms with Gasteiger partial charge in [-0.25, -0.2) is 9.97 Å². The molecule has 32 heavy (non-hydrogen) atoms. The molecule has 3 aliphatic heterocycles. The summed E-state index contributed by atoms with van der Waals surface area (Å²) < 4.78 is 5.16. The first-order valence-corrected chi connectivity index (χ1v) is 11.1. The highest BCUT2D eigenvalue weighted by Crippen LogP contribution is 2.29. The Balaban J connectivity index is 1.33. The second kappa shape index (κ2) is 8.84. The third-order valence-electron chi connectivity index (χ3n) is 5.86. The molecule has 2 aromatic rings. The van der Waals surface area contributed by atoms with Crippen LogP contribution in [-0.2, 0) is 14.3 Å². The third kappa shape index (κ3) is 4.18. The normalized spacial score (nSPS) is 19.0. The monoisotopic (exact) mass is 454 g/mol. The van der Waals surface area contributed by atoms with Crippen LogP contribution in [0.25, 0.3) is 5.57 Å². The summed E-state index contributed by atoms with van der Waals surface area (Å²) in [5.41, 5.74) is 2.92.